The quantitative estimate of drug-likeness (QED) is 0.919. The smallest absolute Gasteiger partial charge is 0.225 e. The van der Waals surface area contributed by atoms with E-state index in [0.717, 1.165) is 17.4 Å². The van der Waals surface area contributed by atoms with Crippen LogP contribution in [0.2, 0.25) is 0 Å². The molecule has 1 heterocycles. The van der Waals surface area contributed by atoms with Gasteiger partial charge in [-0.15, -0.1) is 0 Å². The average molecular weight is 264 g/mol. The van der Waals surface area contributed by atoms with E-state index in [0.29, 0.717) is 0 Å². The van der Waals surface area contributed by atoms with Gasteiger partial charge in [-0.1, -0.05) is 9.59 Å². The number of rotatable bonds is 4. The van der Waals surface area contributed by atoms with Crippen LogP contribution >= 0.6 is 11.5 Å². The number of methoxy groups -OCH3 is 1. The summed E-state index contributed by atoms with van der Waals surface area (Å²) < 4.78 is 9.08. The summed E-state index contributed by atoms with van der Waals surface area (Å²) in [6.07, 6.45) is 0. The number of nitrogens with zero attached hydrogens (tertiary/aromatic N) is 3. The molecule has 0 spiro atoms. The zero-order valence-electron chi connectivity index (χ0n) is 10.9. The van der Waals surface area contributed by atoms with E-state index >= 15 is 0 Å². The molecule has 1 aromatic carbocycles. The van der Waals surface area contributed by atoms with Gasteiger partial charge in [-0.25, -0.2) is 0 Å². The Bertz CT molecular complexity index is 540. The highest BCUT2D eigenvalue weighted by Gasteiger charge is 2.11. The lowest BCUT2D eigenvalue weighted by atomic mass is 9.97. The van der Waals surface area contributed by atoms with Crippen LogP contribution in [0.25, 0.3) is 0 Å². The fourth-order valence-electron chi connectivity index (χ4n) is 1.95. The van der Waals surface area contributed by atoms with E-state index < -0.39 is 0 Å². The van der Waals surface area contributed by atoms with E-state index in [1.165, 1.54) is 33.8 Å². The van der Waals surface area contributed by atoms with E-state index in [9.17, 15) is 0 Å². The monoisotopic (exact) mass is 264 g/mol. The lowest BCUT2D eigenvalue weighted by Gasteiger charge is -2.16. The summed E-state index contributed by atoms with van der Waals surface area (Å²) in [6, 6.07) is 2.07. The maximum atomic E-state index is 5.36. The van der Waals surface area contributed by atoms with Gasteiger partial charge >= 0.3 is 0 Å². The van der Waals surface area contributed by atoms with Gasteiger partial charge in [0, 0.05) is 18.1 Å². The summed E-state index contributed by atoms with van der Waals surface area (Å²) in [5.74, 6) is 0.936. The van der Waals surface area contributed by atoms with Crippen molar-refractivity contribution in [1.29, 1.82) is 0 Å². The number of hydrogen-bond acceptors (Lipinski definition) is 6. The molecule has 0 atom stereocenters. The topological polar surface area (TPSA) is 59.9 Å². The number of hydrogen-bond donors (Lipinski definition) is 1. The van der Waals surface area contributed by atoms with E-state index in [1.54, 1.807) is 7.11 Å². The Kier molecular flexibility index (Phi) is 3.76. The Morgan fingerprint density at radius 2 is 2.06 bits per heavy atom. The third-order valence-electron chi connectivity index (χ3n) is 3.14. The molecule has 0 bridgehead atoms. The van der Waals surface area contributed by atoms with Crippen molar-refractivity contribution in [2.75, 3.05) is 12.4 Å². The molecule has 0 aliphatic heterocycles. The molecule has 18 heavy (non-hydrogen) atoms. The molecule has 96 valence electrons. The van der Waals surface area contributed by atoms with Crippen LogP contribution in [0.15, 0.2) is 6.07 Å². The summed E-state index contributed by atoms with van der Waals surface area (Å²) in [6.45, 7) is 6.99. The molecular weight excluding hydrogens is 248 g/mol. The largest absolute Gasteiger partial charge is 0.496 e. The highest BCUT2D eigenvalue weighted by molar-refractivity contribution is 7.09. The minimum Gasteiger partial charge on any atom is -0.496 e. The Labute approximate surface area is 110 Å². The van der Waals surface area contributed by atoms with Gasteiger partial charge in [0.1, 0.15) is 5.75 Å². The number of benzene rings is 1. The predicted octanol–water partition coefficient (Wildman–Crippen LogP) is 2.48. The highest BCUT2D eigenvalue weighted by Crippen LogP contribution is 2.27. The molecular formula is C12H16N4OS. The first-order valence-corrected chi connectivity index (χ1v) is 6.43. The molecule has 0 aliphatic carbocycles. The molecule has 0 unspecified atom stereocenters. The van der Waals surface area contributed by atoms with Crippen LogP contribution in [0, 0.1) is 20.8 Å². The van der Waals surface area contributed by atoms with Gasteiger partial charge in [0.05, 0.1) is 7.11 Å². The number of anilines is 1. The first-order valence-electron chi connectivity index (χ1n) is 5.66. The molecule has 5 nitrogen and oxygen atoms in total. The Balaban J connectivity index is 2.25. The zero-order chi connectivity index (χ0) is 13.1. The summed E-state index contributed by atoms with van der Waals surface area (Å²) in [5, 5.41) is 11.4. The summed E-state index contributed by atoms with van der Waals surface area (Å²) >= 11 is 1.26. The van der Waals surface area contributed by atoms with Crippen molar-refractivity contribution in [3.8, 4) is 5.75 Å². The molecule has 6 heteroatoms. The maximum Gasteiger partial charge on any atom is 0.225 e. The third-order valence-corrected chi connectivity index (χ3v) is 3.70. The fourth-order valence-corrected chi connectivity index (χ4v) is 2.31. The molecule has 2 rings (SSSR count). The van der Waals surface area contributed by atoms with Crippen molar-refractivity contribution in [2.24, 2.45) is 0 Å². The van der Waals surface area contributed by atoms with Gasteiger partial charge in [-0.3, -0.25) is 0 Å². The minimum absolute atomic E-state index is 0.722. The summed E-state index contributed by atoms with van der Waals surface area (Å²) in [7, 11) is 1.70. The van der Waals surface area contributed by atoms with Gasteiger partial charge in [0.25, 0.3) is 0 Å². The van der Waals surface area contributed by atoms with E-state index in [-0.39, 0.29) is 0 Å². The molecule has 1 N–H and O–H groups in total. The Morgan fingerprint density at radius 1 is 1.28 bits per heavy atom. The van der Waals surface area contributed by atoms with Crippen LogP contribution in [0.3, 0.4) is 0 Å². The second-order valence-electron chi connectivity index (χ2n) is 4.15. The van der Waals surface area contributed by atoms with Gasteiger partial charge in [-0.2, -0.15) is 0 Å². The molecule has 0 saturated carbocycles. The number of aromatic nitrogens is 3. The van der Waals surface area contributed by atoms with Gasteiger partial charge in [0.15, 0.2) is 0 Å². The number of nitrogens with one attached hydrogen (secondary N) is 1. The van der Waals surface area contributed by atoms with Gasteiger partial charge in [-0.05, 0) is 54.3 Å². The van der Waals surface area contributed by atoms with Gasteiger partial charge < -0.3 is 10.1 Å². The lowest BCUT2D eigenvalue weighted by molar-refractivity contribution is 0.410. The third kappa shape index (κ3) is 2.43. The molecule has 0 aliphatic rings. The van der Waals surface area contributed by atoms with Gasteiger partial charge in [0.2, 0.25) is 5.13 Å². The van der Waals surface area contributed by atoms with E-state index in [1.807, 2.05) is 0 Å². The number of ether oxygens (including phenoxy) is 1. The second kappa shape index (κ2) is 5.30. The van der Waals surface area contributed by atoms with Crippen molar-refractivity contribution in [2.45, 2.75) is 27.3 Å². The molecule has 1 aromatic heterocycles. The maximum absolute atomic E-state index is 5.36. The second-order valence-corrected chi connectivity index (χ2v) is 4.88. The SMILES string of the molecule is COc1cc(C)c(CNc2nnns2)c(C)c1C. The van der Waals surface area contributed by atoms with Crippen LogP contribution in [0.4, 0.5) is 5.13 Å². The minimum atomic E-state index is 0.722. The Morgan fingerprint density at radius 3 is 2.67 bits per heavy atom. The molecule has 0 radical (unpaired) electrons. The summed E-state index contributed by atoms with van der Waals surface area (Å²) in [5.41, 5.74) is 4.90. The van der Waals surface area contributed by atoms with Crippen molar-refractivity contribution in [3.63, 3.8) is 0 Å². The molecule has 0 amide bonds. The van der Waals surface area contributed by atoms with Crippen molar-refractivity contribution >= 4 is 16.7 Å². The first-order chi connectivity index (χ1) is 8.63. The van der Waals surface area contributed by atoms with Crippen LogP contribution < -0.4 is 10.1 Å². The zero-order valence-corrected chi connectivity index (χ0v) is 11.8. The van der Waals surface area contributed by atoms with Crippen molar-refractivity contribution in [1.82, 2.24) is 14.8 Å². The van der Waals surface area contributed by atoms with Crippen molar-refractivity contribution < 1.29 is 4.74 Å². The fraction of sp³-hybridized carbons (Fsp3) is 0.417. The molecule has 0 fully saturated rings. The highest BCUT2D eigenvalue weighted by atomic mass is 32.1. The van der Waals surface area contributed by atoms with Crippen LogP contribution in [-0.4, -0.2) is 21.9 Å². The molecule has 2 aromatic rings. The average Bonchev–Trinajstić information content (AvgIpc) is 2.86. The number of aryl methyl sites for hydroxylation is 1. The predicted molar refractivity (Wildman–Crippen MR) is 72.2 cm³/mol. The normalized spacial score (nSPS) is 10.4. The Hall–Kier alpha value is -1.69. The molecule has 0 saturated heterocycles. The summed E-state index contributed by atoms with van der Waals surface area (Å²) in [4.78, 5) is 0. The first kappa shape index (κ1) is 12.8. The van der Waals surface area contributed by atoms with Crippen LogP contribution in [0.5, 0.6) is 5.75 Å². The standard InChI is InChI=1S/C12H16N4OS/c1-7-5-11(17-4)9(3)8(2)10(7)6-13-12-14-15-16-18-12/h5H,6H2,1-4H3,(H,13,14,16). The van der Waals surface area contributed by atoms with E-state index in [2.05, 4.69) is 47.0 Å². The van der Waals surface area contributed by atoms with Crippen molar-refractivity contribution in [3.05, 3.63) is 28.3 Å². The lowest BCUT2D eigenvalue weighted by Crippen LogP contribution is -2.05. The van der Waals surface area contributed by atoms with Crippen LogP contribution in [0.1, 0.15) is 22.3 Å². The van der Waals surface area contributed by atoms with E-state index in [4.69, 9.17) is 4.74 Å². The van der Waals surface area contributed by atoms with Crippen LogP contribution in [-0.2, 0) is 6.54 Å².